The van der Waals surface area contributed by atoms with Crippen molar-refractivity contribution < 1.29 is 19.4 Å². The Hall–Kier alpha value is -1.75. The zero-order valence-electron chi connectivity index (χ0n) is 11.7. The Bertz CT molecular complexity index is 493. The van der Waals surface area contributed by atoms with E-state index in [4.69, 9.17) is 21.4 Å². The highest BCUT2D eigenvalue weighted by Gasteiger charge is 2.15. The molecule has 0 spiro atoms. The molecule has 5 nitrogen and oxygen atoms in total. The topological polar surface area (TPSA) is 75.6 Å². The quantitative estimate of drug-likeness (QED) is 0.845. The van der Waals surface area contributed by atoms with Crippen LogP contribution in [0.15, 0.2) is 12.1 Å². The monoisotopic (exact) mass is 299 g/mol. The van der Waals surface area contributed by atoms with Crippen LogP contribution in [0.2, 0.25) is 5.02 Å². The van der Waals surface area contributed by atoms with E-state index in [1.165, 1.54) is 0 Å². The number of carbonyl (C=O) groups excluding carboxylic acids is 1. The van der Waals surface area contributed by atoms with Gasteiger partial charge in [0.15, 0.2) is 6.10 Å². The van der Waals surface area contributed by atoms with Crippen LogP contribution in [-0.2, 0) is 9.59 Å². The Kier molecular flexibility index (Phi) is 5.82. The van der Waals surface area contributed by atoms with Gasteiger partial charge < -0.3 is 15.2 Å². The fourth-order valence-electron chi connectivity index (χ4n) is 1.67. The first-order valence-electron chi connectivity index (χ1n) is 6.24. The van der Waals surface area contributed by atoms with Crippen molar-refractivity contribution >= 4 is 23.5 Å². The summed E-state index contributed by atoms with van der Waals surface area (Å²) in [5, 5.41) is 11.7. The van der Waals surface area contributed by atoms with Gasteiger partial charge in [0.1, 0.15) is 5.75 Å². The highest BCUT2D eigenvalue weighted by Crippen LogP contribution is 2.26. The number of aliphatic carboxylic acids is 1. The van der Waals surface area contributed by atoms with Gasteiger partial charge >= 0.3 is 5.97 Å². The van der Waals surface area contributed by atoms with Crippen molar-refractivity contribution in [3.05, 3.63) is 28.3 Å². The van der Waals surface area contributed by atoms with E-state index in [-0.39, 0.29) is 18.9 Å². The lowest BCUT2D eigenvalue weighted by Crippen LogP contribution is -2.37. The van der Waals surface area contributed by atoms with Crippen LogP contribution in [0.25, 0.3) is 0 Å². The zero-order valence-corrected chi connectivity index (χ0v) is 12.5. The first-order valence-corrected chi connectivity index (χ1v) is 6.62. The predicted molar refractivity (Wildman–Crippen MR) is 76.3 cm³/mol. The number of halogens is 1. The smallest absolute Gasteiger partial charge is 0.305 e. The summed E-state index contributed by atoms with van der Waals surface area (Å²) in [6, 6.07) is 3.52. The van der Waals surface area contributed by atoms with Crippen LogP contribution in [0.1, 0.15) is 24.5 Å². The number of nitrogens with one attached hydrogen (secondary N) is 1. The average molecular weight is 300 g/mol. The molecule has 1 atom stereocenters. The van der Waals surface area contributed by atoms with Crippen molar-refractivity contribution in [3.8, 4) is 5.75 Å². The van der Waals surface area contributed by atoms with Crippen molar-refractivity contribution in [3.63, 3.8) is 0 Å². The van der Waals surface area contributed by atoms with E-state index in [1.807, 2.05) is 13.8 Å². The van der Waals surface area contributed by atoms with Crippen molar-refractivity contribution in [1.29, 1.82) is 0 Å². The number of hydrogen-bond donors (Lipinski definition) is 2. The molecular formula is C14H18ClNO4. The standard InChI is InChI=1S/C14H18ClNO4/c1-8-6-11(7-9(2)13(8)15)20-10(3)14(19)16-5-4-12(17)18/h6-7,10H,4-5H2,1-3H3,(H,16,19)(H,17,18). The molecule has 0 saturated heterocycles. The molecule has 110 valence electrons. The number of carbonyl (C=O) groups is 2. The third-order valence-corrected chi connectivity index (χ3v) is 3.33. The van der Waals surface area contributed by atoms with Crippen molar-refractivity contribution in [2.75, 3.05) is 6.54 Å². The van der Waals surface area contributed by atoms with E-state index < -0.39 is 12.1 Å². The molecule has 2 N–H and O–H groups in total. The lowest BCUT2D eigenvalue weighted by Gasteiger charge is -2.16. The Morgan fingerprint density at radius 2 is 1.90 bits per heavy atom. The second-order valence-electron chi connectivity index (χ2n) is 4.57. The molecule has 1 rings (SSSR count). The van der Waals surface area contributed by atoms with Crippen LogP contribution in [0.5, 0.6) is 5.75 Å². The molecule has 0 saturated carbocycles. The van der Waals surface area contributed by atoms with Crippen LogP contribution in [0.4, 0.5) is 0 Å². The molecule has 1 unspecified atom stereocenters. The Morgan fingerprint density at radius 1 is 1.35 bits per heavy atom. The van der Waals surface area contributed by atoms with E-state index in [1.54, 1.807) is 19.1 Å². The number of ether oxygens (including phenoxy) is 1. The predicted octanol–water partition coefficient (Wildman–Crippen LogP) is 2.32. The van der Waals surface area contributed by atoms with Gasteiger partial charge in [0.2, 0.25) is 0 Å². The minimum Gasteiger partial charge on any atom is -0.481 e. The normalized spacial score (nSPS) is 11.8. The SMILES string of the molecule is Cc1cc(OC(C)C(=O)NCCC(=O)O)cc(C)c1Cl. The molecule has 0 fully saturated rings. The molecule has 0 bridgehead atoms. The molecule has 20 heavy (non-hydrogen) atoms. The highest BCUT2D eigenvalue weighted by molar-refractivity contribution is 6.32. The summed E-state index contributed by atoms with van der Waals surface area (Å²) in [7, 11) is 0. The minimum atomic E-state index is -0.956. The maximum absolute atomic E-state index is 11.7. The molecule has 0 aliphatic rings. The van der Waals surface area contributed by atoms with Crippen molar-refractivity contribution in [2.24, 2.45) is 0 Å². The second kappa shape index (κ2) is 7.14. The Balaban J connectivity index is 2.59. The van der Waals surface area contributed by atoms with Gasteiger partial charge in [-0.3, -0.25) is 9.59 Å². The van der Waals surface area contributed by atoms with Gasteiger partial charge in [0.25, 0.3) is 5.91 Å². The number of amides is 1. The van der Waals surface area contributed by atoms with Gasteiger partial charge in [-0.05, 0) is 44.0 Å². The van der Waals surface area contributed by atoms with Crippen molar-refractivity contribution in [2.45, 2.75) is 33.3 Å². The number of aryl methyl sites for hydroxylation is 2. The molecule has 0 aromatic heterocycles. The van der Waals surface area contributed by atoms with Gasteiger partial charge in [0.05, 0.1) is 6.42 Å². The highest BCUT2D eigenvalue weighted by atomic mass is 35.5. The molecule has 1 aromatic carbocycles. The first-order chi connectivity index (χ1) is 9.31. The third-order valence-electron chi connectivity index (χ3n) is 2.73. The summed E-state index contributed by atoms with van der Waals surface area (Å²) in [6.45, 7) is 5.41. The third kappa shape index (κ3) is 4.74. The summed E-state index contributed by atoms with van der Waals surface area (Å²) in [5.41, 5.74) is 1.75. The molecule has 0 aliphatic carbocycles. The summed E-state index contributed by atoms with van der Waals surface area (Å²) >= 11 is 6.06. The fourth-order valence-corrected chi connectivity index (χ4v) is 1.78. The minimum absolute atomic E-state index is 0.0839. The number of carboxylic acid groups (broad SMARTS) is 1. The van der Waals surface area contributed by atoms with Crippen LogP contribution in [0.3, 0.4) is 0 Å². The summed E-state index contributed by atoms with van der Waals surface area (Å²) in [5.74, 6) is -0.746. The summed E-state index contributed by atoms with van der Waals surface area (Å²) < 4.78 is 5.53. The van der Waals surface area contributed by atoms with E-state index in [2.05, 4.69) is 5.32 Å². The van der Waals surface area contributed by atoms with Gasteiger partial charge in [-0.15, -0.1) is 0 Å². The Morgan fingerprint density at radius 3 is 2.40 bits per heavy atom. The molecule has 0 aliphatic heterocycles. The Labute approximate surface area is 122 Å². The largest absolute Gasteiger partial charge is 0.481 e. The number of hydrogen-bond acceptors (Lipinski definition) is 3. The van der Waals surface area contributed by atoms with E-state index in [0.717, 1.165) is 11.1 Å². The maximum Gasteiger partial charge on any atom is 0.305 e. The van der Waals surface area contributed by atoms with Crippen LogP contribution >= 0.6 is 11.6 Å². The van der Waals surface area contributed by atoms with Crippen LogP contribution in [-0.4, -0.2) is 29.6 Å². The van der Waals surface area contributed by atoms with Crippen LogP contribution in [0, 0.1) is 13.8 Å². The number of carboxylic acids is 1. The van der Waals surface area contributed by atoms with E-state index in [9.17, 15) is 9.59 Å². The molecule has 1 amide bonds. The van der Waals surface area contributed by atoms with Gasteiger partial charge in [0, 0.05) is 11.6 Å². The zero-order chi connectivity index (χ0) is 15.3. The average Bonchev–Trinajstić information content (AvgIpc) is 2.35. The van der Waals surface area contributed by atoms with Gasteiger partial charge in [-0.2, -0.15) is 0 Å². The molecule has 0 heterocycles. The maximum atomic E-state index is 11.7. The molecule has 6 heteroatoms. The lowest BCUT2D eigenvalue weighted by molar-refractivity contribution is -0.137. The van der Waals surface area contributed by atoms with Gasteiger partial charge in [-0.1, -0.05) is 11.6 Å². The number of rotatable bonds is 6. The van der Waals surface area contributed by atoms with Gasteiger partial charge in [-0.25, -0.2) is 0 Å². The lowest BCUT2D eigenvalue weighted by atomic mass is 10.1. The van der Waals surface area contributed by atoms with E-state index >= 15 is 0 Å². The summed E-state index contributed by atoms with van der Waals surface area (Å²) in [6.07, 6.45) is -0.818. The fraction of sp³-hybridized carbons (Fsp3) is 0.429. The van der Waals surface area contributed by atoms with Crippen molar-refractivity contribution in [1.82, 2.24) is 5.32 Å². The second-order valence-corrected chi connectivity index (χ2v) is 4.94. The first kappa shape index (κ1) is 16.3. The summed E-state index contributed by atoms with van der Waals surface area (Å²) in [4.78, 5) is 22.1. The number of benzene rings is 1. The van der Waals surface area contributed by atoms with Crippen LogP contribution < -0.4 is 10.1 Å². The van der Waals surface area contributed by atoms with E-state index in [0.29, 0.717) is 10.8 Å². The molecule has 1 aromatic rings. The molecule has 0 radical (unpaired) electrons. The molecular weight excluding hydrogens is 282 g/mol.